The van der Waals surface area contributed by atoms with Crippen LogP contribution in [0.25, 0.3) is 0 Å². The minimum atomic E-state index is -0.582. The molecule has 0 amide bonds. The highest BCUT2D eigenvalue weighted by Gasteiger charge is 2.11. The molecule has 2 N–H and O–H groups in total. The first-order valence-electron chi connectivity index (χ1n) is 6.98. The zero-order valence-electron chi connectivity index (χ0n) is 12.3. The highest BCUT2D eigenvalue weighted by molar-refractivity contribution is 5.27. The maximum atomic E-state index is 13.7. The fourth-order valence-electron chi connectivity index (χ4n) is 2.36. The van der Waals surface area contributed by atoms with Gasteiger partial charge in [0.15, 0.2) is 0 Å². The molecule has 2 aromatic rings. The summed E-state index contributed by atoms with van der Waals surface area (Å²) in [5.41, 5.74) is 8.81. The van der Waals surface area contributed by atoms with Crippen molar-refractivity contribution < 1.29 is 8.78 Å². The Morgan fingerprint density at radius 3 is 2.33 bits per heavy atom. The number of halogens is 2. The third-order valence-corrected chi connectivity index (χ3v) is 3.46. The van der Waals surface area contributed by atoms with E-state index in [4.69, 9.17) is 5.73 Å². The molecular formula is C16H19F2N3. The lowest BCUT2D eigenvalue weighted by molar-refractivity contribution is 0.573. The van der Waals surface area contributed by atoms with E-state index in [1.165, 1.54) is 12.1 Å². The molecule has 0 unspecified atom stereocenters. The van der Waals surface area contributed by atoms with Crippen molar-refractivity contribution in [2.75, 3.05) is 6.54 Å². The molecule has 0 atom stereocenters. The number of benzene rings is 1. The third-order valence-electron chi connectivity index (χ3n) is 3.46. The van der Waals surface area contributed by atoms with Crippen molar-refractivity contribution in [2.24, 2.45) is 5.73 Å². The summed E-state index contributed by atoms with van der Waals surface area (Å²) < 4.78 is 26.6. The van der Waals surface area contributed by atoms with Gasteiger partial charge in [-0.05, 0) is 50.4 Å². The minimum absolute atomic E-state index is 0.255. The Hall–Kier alpha value is -1.88. The van der Waals surface area contributed by atoms with Crippen LogP contribution in [0.2, 0.25) is 0 Å². The molecule has 0 fully saturated rings. The van der Waals surface area contributed by atoms with E-state index in [2.05, 4.69) is 9.97 Å². The van der Waals surface area contributed by atoms with Crippen molar-refractivity contribution in [3.63, 3.8) is 0 Å². The first-order chi connectivity index (χ1) is 10.0. The lowest BCUT2D eigenvalue weighted by Crippen LogP contribution is -2.09. The van der Waals surface area contributed by atoms with E-state index in [1.54, 1.807) is 0 Å². The molecule has 0 saturated carbocycles. The van der Waals surface area contributed by atoms with Gasteiger partial charge >= 0.3 is 0 Å². The number of aryl methyl sites for hydroxylation is 2. The summed E-state index contributed by atoms with van der Waals surface area (Å²) in [7, 11) is 0. The quantitative estimate of drug-likeness (QED) is 0.921. The first-order valence-corrected chi connectivity index (χ1v) is 6.98. The van der Waals surface area contributed by atoms with E-state index in [-0.39, 0.29) is 6.42 Å². The van der Waals surface area contributed by atoms with Gasteiger partial charge in [-0.25, -0.2) is 18.7 Å². The van der Waals surface area contributed by atoms with Crippen molar-refractivity contribution in [3.05, 3.63) is 58.2 Å². The highest BCUT2D eigenvalue weighted by Crippen LogP contribution is 2.16. The topological polar surface area (TPSA) is 51.8 Å². The molecule has 1 aromatic heterocycles. The fraction of sp³-hybridized carbons (Fsp3) is 0.375. The lowest BCUT2D eigenvalue weighted by Gasteiger charge is -2.11. The predicted octanol–water partition coefficient (Wildman–Crippen LogP) is 2.85. The van der Waals surface area contributed by atoms with Crippen LogP contribution in [0.3, 0.4) is 0 Å². The lowest BCUT2D eigenvalue weighted by atomic mass is 10.1. The van der Waals surface area contributed by atoms with E-state index in [0.29, 0.717) is 17.9 Å². The van der Waals surface area contributed by atoms with Gasteiger partial charge in [0.2, 0.25) is 0 Å². The molecule has 0 bridgehead atoms. The highest BCUT2D eigenvalue weighted by atomic mass is 19.1. The number of rotatable bonds is 5. The van der Waals surface area contributed by atoms with E-state index in [1.807, 2.05) is 13.8 Å². The second-order valence-electron chi connectivity index (χ2n) is 5.09. The Morgan fingerprint density at radius 1 is 1.10 bits per heavy atom. The Morgan fingerprint density at radius 2 is 1.76 bits per heavy atom. The smallest absolute Gasteiger partial charge is 0.133 e. The molecule has 0 aliphatic carbocycles. The molecule has 1 heterocycles. The molecule has 0 aliphatic heterocycles. The van der Waals surface area contributed by atoms with Crippen molar-refractivity contribution in [2.45, 2.75) is 33.1 Å². The molecule has 3 nitrogen and oxygen atoms in total. The largest absolute Gasteiger partial charge is 0.330 e. The number of aromatic nitrogens is 2. The number of nitrogens with two attached hydrogens (primary N) is 1. The van der Waals surface area contributed by atoms with Crippen LogP contribution in [0.15, 0.2) is 18.2 Å². The minimum Gasteiger partial charge on any atom is -0.330 e. The monoisotopic (exact) mass is 291 g/mol. The van der Waals surface area contributed by atoms with E-state index >= 15 is 0 Å². The van der Waals surface area contributed by atoms with Crippen LogP contribution in [0.4, 0.5) is 8.78 Å². The maximum Gasteiger partial charge on any atom is 0.133 e. The van der Waals surface area contributed by atoms with E-state index in [0.717, 1.165) is 35.9 Å². The van der Waals surface area contributed by atoms with E-state index < -0.39 is 11.6 Å². The standard InChI is InChI=1S/C16H19F2N3/c1-10-14(4-3-7-19)11(2)21-16(20-10)8-12-5-6-13(17)9-15(12)18/h5-6,9H,3-4,7-8,19H2,1-2H3. The molecule has 5 heteroatoms. The second kappa shape index (κ2) is 6.72. The summed E-state index contributed by atoms with van der Waals surface area (Å²) in [4.78, 5) is 8.87. The van der Waals surface area contributed by atoms with Crippen LogP contribution >= 0.6 is 0 Å². The average molecular weight is 291 g/mol. The maximum absolute atomic E-state index is 13.7. The zero-order chi connectivity index (χ0) is 15.4. The van der Waals surface area contributed by atoms with Gasteiger partial charge in [0.25, 0.3) is 0 Å². The second-order valence-corrected chi connectivity index (χ2v) is 5.09. The Labute approximate surface area is 123 Å². The van der Waals surface area contributed by atoms with Gasteiger partial charge in [-0.15, -0.1) is 0 Å². The van der Waals surface area contributed by atoms with Crippen LogP contribution in [0.1, 0.15) is 34.8 Å². The molecular weight excluding hydrogens is 272 g/mol. The molecule has 21 heavy (non-hydrogen) atoms. The van der Waals surface area contributed by atoms with Gasteiger partial charge in [0, 0.05) is 23.9 Å². The summed E-state index contributed by atoms with van der Waals surface area (Å²) >= 11 is 0. The average Bonchev–Trinajstić information content (AvgIpc) is 2.41. The molecule has 0 spiro atoms. The van der Waals surface area contributed by atoms with Crippen LogP contribution in [-0.2, 0) is 12.8 Å². The summed E-state index contributed by atoms with van der Waals surface area (Å²) in [5, 5.41) is 0. The number of hydrogen-bond donors (Lipinski definition) is 1. The Bertz CT molecular complexity index is 618. The first kappa shape index (κ1) is 15.5. The van der Waals surface area contributed by atoms with Crippen LogP contribution in [0, 0.1) is 25.5 Å². The van der Waals surface area contributed by atoms with Gasteiger partial charge in [-0.1, -0.05) is 6.07 Å². The van der Waals surface area contributed by atoms with Gasteiger partial charge in [-0.3, -0.25) is 0 Å². The summed E-state index contributed by atoms with van der Waals surface area (Å²) in [6.07, 6.45) is 1.99. The third kappa shape index (κ3) is 3.82. The van der Waals surface area contributed by atoms with Gasteiger partial charge < -0.3 is 5.73 Å². The molecule has 0 aliphatic rings. The Kier molecular flexibility index (Phi) is 4.96. The predicted molar refractivity (Wildman–Crippen MR) is 78.0 cm³/mol. The number of hydrogen-bond acceptors (Lipinski definition) is 3. The van der Waals surface area contributed by atoms with Crippen LogP contribution < -0.4 is 5.73 Å². The van der Waals surface area contributed by atoms with Gasteiger partial charge in [0.05, 0.1) is 0 Å². The van der Waals surface area contributed by atoms with Gasteiger partial charge in [0.1, 0.15) is 17.5 Å². The van der Waals surface area contributed by atoms with Crippen molar-refractivity contribution >= 4 is 0 Å². The molecule has 1 aromatic carbocycles. The molecule has 0 saturated heterocycles. The Balaban J connectivity index is 2.25. The van der Waals surface area contributed by atoms with E-state index in [9.17, 15) is 8.78 Å². The fourth-order valence-corrected chi connectivity index (χ4v) is 2.36. The molecule has 112 valence electrons. The van der Waals surface area contributed by atoms with Gasteiger partial charge in [-0.2, -0.15) is 0 Å². The normalized spacial score (nSPS) is 10.9. The van der Waals surface area contributed by atoms with Crippen molar-refractivity contribution in [1.29, 1.82) is 0 Å². The van der Waals surface area contributed by atoms with Crippen molar-refractivity contribution in [3.8, 4) is 0 Å². The SMILES string of the molecule is Cc1nc(Cc2ccc(F)cc2F)nc(C)c1CCCN. The number of nitrogens with zero attached hydrogens (tertiary/aromatic N) is 2. The molecule has 0 radical (unpaired) electrons. The molecule has 2 rings (SSSR count). The summed E-state index contributed by atoms with van der Waals surface area (Å²) in [6, 6.07) is 3.55. The van der Waals surface area contributed by atoms with Crippen molar-refractivity contribution in [1.82, 2.24) is 9.97 Å². The summed E-state index contributed by atoms with van der Waals surface area (Å²) in [5.74, 6) is -0.602. The van der Waals surface area contributed by atoms with Crippen LogP contribution in [0.5, 0.6) is 0 Å². The van der Waals surface area contributed by atoms with Crippen LogP contribution in [-0.4, -0.2) is 16.5 Å². The summed E-state index contributed by atoms with van der Waals surface area (Å²) in [6.45, 7) is 4.47. The zero-order valence-corrected chi connectivity index (χ0v) is 12.3.